The predicted molar refractivity (Wildman–Crippen MR) is 95.5 cm³/mol. The van der Waals surface area contributed by atoms with Gasteiger partial charge in [-0.25, -0.2) is 4.98 Å². The van der Waals surface area contributed by atoms with Crippen LogP contribution in [-0.4, -0.2) is 10.8 Å². The molecule has 0 aliphatic rings. The minimum Gasteiger partial charge on any atom is -0.384 e. The Morgan fingerprint density at radius 1 is 1.09 bits per heavy atom. The van der Waals surface area contributed by atoms with Crippen molar-refractivity contribution in [2.24, 2.45) is 16.0 Å². The average Bonchev–Trinajstić information content (AvgIpc) is 2.54. The molecule has 7 heteroatoms. The first-order valence-corrected chi connectivity index (χ1v) is 7.54. The minimum atomic E-state index is 0.0147. The third kappa shape index (κ3) is 3.19. The normalized spacial score (nSPS) is 11.2. The molecule has 0 bridgehead atoms. The zero-order valence-corrected chi connectivity index (χ0v) is 13.6. The lowest BCUT2D eigenvalue weighted by Crippen LogP contribution is -2.10. The first kappa shape index (κ1) is 15.1. The first-order chi connectivity index (χ1) is 11.0. The Bertz CT molecular complexity index is 913. The molecule has 0 saturated carbocycles. The summed E-state index contributed by atoms with van der Waals surface area (Å²) in [6, 6.07) is 12.7. The summed E-state index contributed by atoms with van der Waals surface area (Å²) >= 11 is 3.44. The molecule has 5 N–H and O–H groups in total. The molecule has 0 aliphatic carbocycles. The number of fused-ring (bicyclic) bond motifs is 1. The van der Waals surface area contributed by atoms with E-state index in [1.165, 1.54) is 0 Å². The van der Waals surface area contributed by atoms with E-state index in [4.69, 9.17) is 16.9 Å². The summed E-state index contributed by atoms with van der Waals surface area (Å²) < 4.78 is 0.929. The molecule has 23 heavy (non-hydrogen) atoms. The number of pyridine rings is 1. The summed E-state index contributed by atoms with van der Waals surface area (Å²) in [4.78, 5) is 4.15. The molecular weight excluding hydrogens is 356 g/mol. The number of nitrogens with one attached hydrogen (secondary N) is 1. The molecule has 1 heterocycles. The second-order valence-electron chi connectivity index (χ2n) is 4.88. The lowest BCUT2D eigenvalue weighted by atomic mass is 10.1. The van der Waals surface area contributed by atoms with Crippen molar-refractivity contribution in [2.45, 2.75) is 0 Å². The SMILES string of the molecule is N=C(N)c1ccc(N=Nc2c(N)ncc3ccc(Br)cc23)cc1. The number of halogens is 1. The fourth-order valence-electron chi connectivity index (χ4n) is 2.10. The van der Waals surface area contributed by atoms with Crippen molar-refractivity contribution in [3.05, 3.63) is 58.7 Å². The quantitative estimate of drug-likeness (QED) is 0.364. The highest BCUT2D eigenvalue weighted by Gasteiger charge is 2.07. The van der Waals surface area contributed by atoms with Crippen LogP contribution >= 0.6 is 15.9 Å². The monoisotopic (exact) mass is 368 g/mol. The molecule has 0 unspecified atom stereocenters. The molecule has 1 aromatic heterocycles. The summed E-state index contributed by atoms with van der Waals surface area (Å²) in [6.45, 7) is 0. The van der Waals surface area contributed by atoms with E-state index in [1.807, 2.05) is 18.2 Å². The highest BCUT2D eigenvalue weighted by molar-refractivity contribution is 9.10. The molecule has 0 radical (unpaired) electrons. The van der Waals surface area contributed by atoms with Crippen molar-refractivity contribution in [3.8, 4) is 0 Å². The number of nitrogens with two attached hydrogens (primary N) is 2. The van der Waals surface area contributed by atoms with Crippen LogP contribution in [-0.2, 0) is 0 Å². The van der Waals surface area contributed by atoms with E-state index in [0.29, 0.717) is 22.8 Å². The van der Waals surface area contributed by atoms with Crippen LogP contribution < -0.4 is 11.5 Å². The van der Waals surface area contributed by atoms with Crippen molar-refractivity contribution >= 4 is 49.7 Å². The van der Waals surface area contributed by atoms with Gasteiger partial charge in [0.05, 0.1) is 5.69 Å². The van der Waals surface area contributed by atoms with E-state index in [2.05, 4.69) is 31.1 Å². The number of anilines is 1. The highest BCUT2D eigenvalue weighted by Crippen LogP contribution is 2.33. The molecule has 3 aromatic rings. The summed E-state index contributed by atoms with van der Waals surface area (Å²) in [5.41, 5.74) is 13.2. The zero-order valence-electron chi connectivity index (χ0n) is 12.0. The van der Waals surface area contributed by atoms with Crippen LogP contribution in [0.5, 0.6) is 0 Å². The lowest BCUT2D eigenvalue weighted by Gasteiger charge is -2.04. The molecule has 6 nitrogen and oxygen atoms in total. The van der Waals surface area contributed by atoms with Gasteiger partial charge in [0.2, 0.25) is 0 Å². The molecular formula is C16H13BrN6. The second kappa shape index (κ2) is 6.13. The van der Waals surface area contributed by atoms with Crippen LogP contribution in [0.15, 0.2) is 63.4 Å². The Balaban J connectivity index is 2.01. The molecule has 3 rings (SSSR count). The van der Waals surface area contributed by atoms with Gasteiger partial charge in [0.25, 0.3) is 0 Å². The maximum atomic E-state index is 7.38. The Hall–Kier alpha value is -2.80. The Morgan fingerprint density at radius 2 is 1.83 bits per heavy atom. The number of nitrogens with zero attached hydrogens (tertiary/aromatic N) is 3. The minimum absolute atomic E-state index is 0.0147. The van der Waals surface area contributed by atoms with Crippen molar-refractivity contribution in [1.29, 1.82) is 5.41 Å². The largest absolute Gasteiger partial charge is 0.384 e. The number of benzene rings is 2. The second-order valence-corrected chi connectivity index (χ2v) is 5.80. The van der Waals surface area contributed by atoms with Gasteiger partial charge >= 0.3 is 0 Å². The van der Waals surface area contributed by atoms with Crippen LogP contribution in [0.25, 0.3) is 10.8 Å². The smallest absolute Gasteiger partial charge is 0.151 e. The van der Waals surface area contributed by atoms with E-state index < -0.39 is 0 Å². The van der Waals surface area contributed by atoms with Gasteiger partial charge in [-0.2, -0.15) is 5.11 Å². The van der Waals surface area contributed by atoms with Gasteiger partial charge in [0.15, 0.2) is 5.82 Å². The van der Waals surface area contributed by atoms with Gasteiger partial charge in [-0.3, -0.25) is 5.41 Å². The van der Waals surface area contributed by atoms with Gasteiger partial charge < -0.3 is 11.5 Å². The maximum Gasteiger partial charge on any atom is 0.151 e. The van der Waals surface area contributed by atoms with E-state index in [-0.39, 0.29) is 5.84 Å². The molecule has 0 fully saturated rings. The standard InChI is InChI=1S/C16H13BrN6/c17-11-4-1-10-8-21-16(20)14(13(10)7-11)23-22-12-5-2-9(3-6-12)15(18)19/h1-8H,(H3,18,19)(H2,20,21). The molecule has 0 atom stereocenters. The number of amidine groups is 1. The van der Waals surface area contributed by atoms with Crippen molar-refractivity contribution in [3.63, 3.8) is 0 Å². The first-order valence-electron chi connectivity index (χ1n) is 6.74. The van der Waals surface area contributed by atoms with Gasteiger partial charge in [0.1, 0.15) is 11.5 Å². The summed E-state index contributed by atoms with van der Waals surface area (Å²) in [6.07, 6.45) is 1.71. The van der Waals surface area contributed by atoms with E-state index in [0.717, 1.165) is 15.2 Å². The predicted octanol–water partition coefficient (Wildman–Crippen LogP) is 4.28. The lowest BCUT2D eigenvalue weighted by molar-refractivity contribution is 1.22. The summed E-state index contributed by atoms with van der Waals surface area (Å²) in [5, 5.41) is 17.6. The molecule has 0 spiro atoms. The van der Waals surface area contributed by atoms with E-state index in [9.17, 15) is 0 Å². The Kier molecular flexibility index (Phi) is 4.03. The number of aromatic nitrogens is 1. The Labute approximate surface area is 140 Å². The average molecular weight is 369 g/mol. The third-order valence-electron chi connectivity index (χ3n) is 3.30. The van der Waals surface area contributed by atoms with Crippen LogP contribution in [0.3, 0.4) is 0 Å². The number of hydrogen-bond donors (Lipinski definition) is 3. The zero-order chi connectivity index (χ0) is 16.4. The fourth-order valence-corrected chi connectivity index (χ4v) is 2.47. The summed E-state index contributed by atoms with van der Waals surface area (Å²) in [7, 11) is 0. The number of azo groups is 1. The maximum absolute atomic E-state index is 7.38. The van der Waals surface area contributed by atoms with E-state index >= 15 is 0 Å². The molecule has 0 saturated heterocycles. The highest BCUT2D eigenvalue weighted by atomic mass is 79.9. The molecule has 0 aliphatic heterocycles. The third-order valence-corrected chi connectivity index (χ3v) is 3.79. The number of rotatable bonds is 3. The van der Waals surface area contributed by atoms with Crippen LogP contribution in [0.2, 0.25) is 0 Å². The fraction of sp³-hybridized carbons (Fsp3) is 0. The number of hydrogen-bond acceptors (Lipinski definition) is 5. The topological polar surface area (TPSA) is 114 Å². The van der Waals surface area contributed by atoms with Crippen LogP contribution in [0.1, 0.15) is 5.56 Å². The molecule has 0 amide bonds. The number of nitrogen functional groups attached to an aromatic ring is 2. The van der Waals surface area contributed by atoms with Crippen LogP contribution in [0.4, 0.5) is 17.2 Å². The van der Waals surface area contributed by atoms with Gasteiger partial charge in [-0.15, -0.1) is 5.11 Å². The Morgan fingerprint density at radius 3 is 2.52 bits per heavy atom. The molecule has 2 aromatic carbocycles. The van der Waals surface area contributed by atoms with Crippen molar-refractivity contribution in [1.82, 2.24) is 4.98 Å². The van der Waals surface area contributed by atoms with Gasteiger partial charge in [-0.1, -0.05) is 22.0 Å². The van der Waals surface area contributed by atoms with Gasteiger partial charge in [-0.05, 0) is 36.4 Å². The van der Waals surface area contributed by atoms with Crippen molar-refractivity contribution in [2.75, 3.05) is 5.73 Å². The summed E-state index contributed by atoms with van der Waals surface area (Å²) in [5.74, 6) is 0.334. The molecule has 114 valence electrons. The van der Waals surface area contributed by atoms with Gasteiger partial charge in [0, 0.05) is 27.0 Å². The van der Waals surface area contributed by atoms with E-state index in [1.54, 1.807) is 30.5 Å². The van der Waals surface area contributed by atoms with Crippen LogP contribution in [0, 0.1) is 5.41 Å². The van der Waals surface area contributed by atoms with Crippen molar-refractivity contribution < 1.29 is 0 Å².